The molecule has 0 fully saturated rings. The highest BCUT2D eigenvalue weighted by Crippen LogP contribution is 2.31. The standard InChI is InChI=1S/C17H22FN5O2S/c1-9(7-19)5-11(8-24)21-13-4-3-12(17(20)25)16(15(13)18)22-14-6-10(2)23-26-14/h3-4,6,8-9,11,21-22H,5,7,19H2,1-2H3,(H2,20,25). The minimum atomic E-state index is -0.761. The summed E-state index contributed by atoms with van der Waals surface area (Å²) in [4.78, 5) is 23.0. The van der Waals surface area contributed by atoms with Crippen LogP contribution in [0.3, 0.4) is 0 Å². The monoisotopic (exact) mass is 379 g/mol. The predicted octanol–water partition coefficient (Wildman–Crippen LogP) is 2.40. The quantitative estimate of drug-likeness (QED) is 0.496. The molecule has 0 saturated heterocycles. The molecule has 1 amide bonds. The number of primary amides is 1. The summed E-state index contributed by atoms with van der Waals surface area (Å²) >= 11 is 1.14. The number of amides is 1. The van der Waals surface area contributed by atoms with Gasteiger partial charge in [-0.05, 0) is 55.5 Å². The van der Waals surface area contributed by atoms with Gasteiger partial charge in [-0.1, -0.05) is 6.92 Å². The van der Waals surface area contributed by atoms with E-state index in [9.17, 15) is 9.59 Å². The second kappa shape index (κ2) is 8.72. The molecule has 2 aromatic rings. The van der Waals surface area contributed by atoms with Crippen molar-refractivity contribution in [1.29, 1.82) is 0 Å². The molecule has 6 N–H and O–H groups in total. The Balaban J connectivity index is 2.34. The smallest absolute Gasteiger partial charge is 0.250 e. The van der Waals surface area contributed by atoms with Crippen LogP contribution in [-0.2, 0) is 4.79 Å². The molecule has 0 saturated carbocycles. The first kappa shape index (κ1) is 19.8. The topological polar surface area (TPSA) is 123 Å². The number of carbonyl (C=O) groups is 2. The Kier molecular flexibility index (Phi) is 6.64. The number of halogens is 1. The maximum atomic E-state index is 15.0. The highest BCUT2D eigenvalue weighted by Gasteiger charge is 2.20. The first-order valence-corrected chi connectivity index (χ1v) is 8.87. The van der Waals surface area contributed by atoms with Crippen LogP contribution in [0.5, 0.6) is 0 Å². The fraction of sp³-hybridized carbons (Fsp3) is 0.353. The fourth-order valence-corrected chi connectivity index (χ4v) is 3.10. The average molecular weight is 379 g/mol. The van der Waals surface area contributed by atoms with E-state index >= 15 is 4.39 Å². The van der Waals surface area contributed by atoms with Crippen LogP contribution in [0.25, 0.3) is 0 Å². The number of nitrogens with two attached hydrogens (primary N) is 2. The summed E-state index contributed by atoms with van der Waals surface area (Å²) in [6.07, 6.45) is 1.18. The second-order valence-corrected chi connectivity index (χ2v) is 6.94. The third-order valence-electron chi connectivity index (χ3n) is 3.85. The number of anilines is 3. The van der Waals surface area contributed by atoms with Crippen molar-refractivity contribution in [2.24, 2.45) is 17.4 Å². The molecule has 0 bridgehead atoms. The van der Waals surface area contributed by atoms with E-state index in [1.165, 1.54) is 12.1 Å². The van der Waals surface area contributed by atoms with Crippen LogP contribution in [0, 0.1) is 18.7 Å². The molecule has 0 spiro atoms. The lowest BCUT2D eigenvalue weighted by molar-refractivity contribution is -0.108. The molecule has 0 aliphatic rings. The van der Waals surface area contributed by atoms with Gasteiger partial charge in [0.05, 0.1) is 28.7 Å². The van der Waals surface area contributed by atoms with E-state index in [-0.39, 0.29) is 22.9 Å². The number of aldehydes is 1. The lowest BCUT2D eigenvalue weighted by Crippen LogP contribution is -2.27. The van der Waals surface area contributed by atoms with Crippen LogP contribution in [0.1, 0.15) is 29.4 Å². The fourth-order valence-electron chi connectivity index (χ4n) is 2.44. The molecule has 2 rings (SSSR count). The Hall–Kier alpha value is -2.52. The summed E-state index contributed by atoms with van der Waals surface area (Å²) < 4.78 is 19.1. The first-order chi connectivity index (χ1) is 12.3. The van der Waals surface area contributed by atoms with Crippen LogP contribution >= 0.6 is 11.5 Å². The molecule has 9 heteroatoms. The zero-order chi connectivity index (χ0) is 19.3. The molecule has 26 heavy (non-hydrogen) atoms. The number of nitrogens with zero attached hydrogens (tertiary/aromatic N) is 1. The summed E-state index contributed by atoms with van der Waals surface area (Å²) in [5, 5.41) is 6.29. The van der Waals surface area contributed by atoms with E-state index in [1.807, 2.05) is 6.92 Å². The van der Waals surface area contributed by atoms with E-state index in [0.717, 1.165) is 17.2 Å². The van der Waals surface area contributed by atoms with Gasteiger partial charge in [0.25, 0.3) is 5.91 Å². The number of hydrogen-bond acceptors (Lipinski definition) is 7. The Bertz CT molecular complexity index is 795. The molecule has 7 nitrogen and oxygen atoms in total. The minimum Gasteiger partial charge on any atom is -0.373 e. The number of benzene rings is 1. The SMILES string of the molecule is Cc1cc(Nc2c(C(N)=O)ccc(NC(C=O)CC(C)CN)c2F)sn1. The van der Waals surface area contributed by atoms with Gasteiger partial charge >= 0.3 is 0 Å². The molecule has 1 aromatic heterocycles. The number of nitrogens with one attached hydrogen (secondary N) is 2. The zero-order valence-electron chi connectivity index (χ0n) is 14.6. The summed E-state index contributed by atoms with van der Waals surface area (Å²) in [5.41, 5.74) is 11.8. The normalized spacial score (nSPS) is 13.1. The van der Waals surface area contributed by atoms with Gasteiger partial charge in [0.2, 0.25) is 0 Å². The molecule has 1 aromatic carbocycles. The molecule has 0 radical (unpaired) electrons. The first-order valence-electron chi connectivity index (χ1n) is 8.10. The van der Waals surface area contributed by atoms with Crippen LogP contribution in [0.15, 0.2) is 18.2 Å². The van der Waals surface area contributed by atoms with Crippen LogP contribution in [0.4, 0.5) is 20.8 Å². The van der Waals surface area contributed by atoms with Crippen molar-refractivity contribution in [3.8, 4) is 0 Å². The highest BCUT2D eigenvalue weighted by atomic mass is 32.1. The highest BCUT2D eigenvalue weighted by molar-refractivity contribution is 7.10. The van der Waals surface area contributed by atoms with Gasteiger partial charge in [-0.25, -0.2) is 4.39 Å². The van der Waals surface area contributed by atoms with Gasteiger partial charge in [0.1, 0.15) is 11.3 Å². The largest absolute Gasteiger partial charge is 0.373 e. The van der Waals surface area contributed by atoms with Crippen molar-refractivity contribution in [3.63, 3.8) is 0 Å². The maximum absolute atomic E-state index is 15.0. The van der Waals surface area contributed by atoms with Gasteiger partial charge in [-0.2, -0.15) is 4.37 Å². The average Bonchev–Trinajstić information content (AvgIpc) is 3.02. The molecule has 1 heterocycles. The van der Waals surface area contributed by atoms with Crippen molar-refractivity contribution in [2.45, 2.75) is 26.3 Å². The molecule has 0 aliphatic heterocycles. The number of hydrogen-bond donors (Lipinski definition) is 4. The Labute approximate surface area is 155 Å². The Morgan fingerprint density at radius 3 is 2.73 bits per heavy atom. The molecule has 2 unspecified atom stereocenters. The number of aromatic nitrogens is 1. The Morgan fingerprint density at radius 1 is 1.46 bits per heavy atom. The van der Waals surface area contributed by atoms with Gasteiger partial charge in [0.15, 0.2) is 5.82 Å². The van der Waals surface area contributed by atoms with Crippen molar-refractivity contribution >= 4 is 40.1 Å². The molecule has 0 aliphatic carbocycles. The van der Waals surface area contributed by atoms with Crippen molar-refractivity contribution in [3.05, 3.63) is 35.3 Å². The summed E-state index contributed by atoms with van der Waals surface area (Å²) in [7, 11) is 0. The van der Waals surface area contributed by atoms with Crippen LogP contribution < -0.4 is 22.1 Å². The predicted molar refractivity (Wildman–Crippen MR) is 101 cm³/mol. The molecule has 140 valence electrons. The second-order valence-electron chi connectivity index (χ2n) is 6.13. The lowest BCUT2D eigenvalue weighted by Gasteiger charge is -2.19. The lowest BCUT2D eigenvalue weighted by atomic mass is 10.0. The molecular weight excluding hydrogens is 357 g/mol. The summed E-state index contributed by atoms with van der Waals surface area (Å²) in [6, 6.07) is 3.94. The van der Waals surface area contributed by atoms with Crippen LogP contribution in [-0.4, -0.2) is 29.2 Å². The van der Waals surface area contributed by atoms with Crippen LogP contribution in [0.2, 0.25) is 0 Å². The molecule has 2 atom stereocenters. The van der Waals surface area contributed by atoms with Gasteiger partial charge in [0, 0.05) is 0 Å². The summed E-state index contributed by atoms with van der Waals surface area (Å²) in [5.74, 6) is -1.36. The van der Waals surface area contributed by atoms with E-state index < -0.39 is 17.8 Å². The number of rotatable bonds is 9. The van der Waals surface area contributed by atoms with E-state index in [1.54, 1.807) is 13.0 Å². The van der Waals surface area contributed by atoms with Gasteiger partial charge in [-0.15, -0.1) is 0 Å². The third kappa shape index (κ3) is 4.77. The number of aryl methyl sites for hydroxylation is 1. The van der Waals surface area contributed by atoms with E-state index in [4.69, 9.17) is 11.5 Å². The zero-order valence-corrected chi connectivity index (χ0v) is 15.4. The summed E-state index contributed by atoms with van der Waals surface area (Å²) in [6.45, 7) is 4.13. The Morgan fingerprint density at radius 2 is 2.19 bits per heavy atom. The van der Waals surface area contributed by atoms with Gasteiger partial charge in [-0.3, -0.25) is 4.79 Å². The minimum absolute atomic E-state index is 0.0112. The number of carbonyl (C=O) groups excluding carboxylic acids is 2. The van der Waals surface area contributed by atoms with Crippen molar-refractivity contribution in [2.75, 3.05) is 17.2 Å². The molecular formula is C17H22FN5O2S. The van der Waals surface area contributed by atoms with Gasteiger partial charge < -0.3 is 26.9 Å². The van der Waals surface area contributed by atoms with Crippen molar-refractivity contribution in [1.82, 2.24) is 4.37 Å². The van der Waals surface area contributed by atoms with Crippen molar-refractivity contribution < 1.29 is 14.0 Å². The van der Waals surface area contributed by atoms with E-state index in [0.29, 0.717) is 24.3 Å². The van der Waals surface area contributed by atoms with E-state index in [2.05, 4.69) is 15.0 Å². The maximum Gasteiger partial charge on any atom is 0.250 e. The third-order valence-corrected chi connectivity index (χ3v) is 4.64.